The molecule has 0 unspecified atom stereocenters. The molecule has 3 aliphatic carbocycles. The van der Waals surface area contributed by atoms with Gasteiger partial charge in [-0.15, -0.1) is 0 Å². The first-order valence-corrected chi connectivity index (χ1v) is 22.6. The maximum absolute atomic E-state index is 11.5. The topological polar surface area (TPSA) is 60.7 Å². The van der Waals surface area contributed by atoms with Crippen LogP contribution in [0.3, 0.4) is 0 Å². The van der Waals surface area contributed by atoms with Gasteiger partial charge in [0, 0.05) is 16.7 Å². The van der Waals surface area contributed by atoms with E-state index in [9.17, 15) is 15.3 Å². The van der Waals surface area contributed by atoms with Crippen molar-refractivity contribution in [2.24, 2.45) is 0 Å². The standard InChI is InChI=1S/C54H72O3/c1-34-25-40(31-46(49(34)55)52(7)19-13-10-14-20-52)28-43-37(4)44(29-41-26-35(2)50(56)47(32-41)53(8)21-15-11-16-22-53)39(6)45(38(43)5)30-42-27-36(3)51(57)48(33-42)54(9)23-17-12-18-24-54/h25-27,31-33,55-57H,10-24,28-30H2,1-9H3. The molecule has 4 aromatic rings. The Hall–Kier alpha value is -3.72. The molecule has 0 aromatic heterocycles. The molecule has 0 spiro atoms. The number of phenolic OH excluding ortho intramolecular Hbond substituents is 3. The average molecular weight is 769 g/mol. The van der Waals surface area contributed by atoms with Gasteiger partial charge in [-0.1, -0.05) is 115 Å². The van der Waals surface area contributed by atoms with Gasteiger partial charge in [0.1, 0.15) is 17.2 Å². The van der Waals surface area contributed by atoms with E-state index in [2.05, 4.69) is 98.7 Å². The molecule has 3 N–H and O–H groups in total. The predicted molar refractivity (Wildman–Crippen MR) is 239 cm³/mol. The zero-order valence-electron chi connectivity index (χ0n) is 37.0. The molecule has 7 rings (SSSR count). The molecule has 3 nitrogen and oxygen atoms in total. The second-order valence-electron chi connectivity index (χ2n) is 20.1. The van der Waals surface area contributed by atoms with Crippen molar-refractivity contribution in [1.82, 2.24) is 0 Å². The van der Waals surface area contributed by atoms with Gasteiger partial charge < -0.3 is 15.3 Å². The molecule has 3 saturated carbocycles. The second kappa shape index (κ2) is 16.1. The minimum Gasteiger partial charge on any atom is -0.507 e. The number of hydrogen-bond donors (Lipinski definition) is 3. The molecular weight excluding hydrogens is 697 g/mol. The molecule has 0 heterocycles. The quantitative estimate of drug-likeness (QED) is 0.159. The zero-order chi connectivity index (χ0) is 40.9. The van der Waals surface area contributed by atoms with Gasteiger partial charge in [-0.2, -0.15) is 0 Å². The Labute approximate surface area is 345 Å². The predicted octanol–water partition coefficient (Wildman–Crippen LogP) is 14.1. The fourth-order valence-electron chi connectivity index (χ4n) is 11.9. The summed E-state index contributed by atoms with van der Waals surface area (Å²) < 4.78 is 0. The SMILES string of the molecule is Cc1cc(Cc2c(C)c(Cc3cc(C)c(O)c(C4(C)CCCCC4)c3)c(C)c(Cc3cc(C)c(O)c(C4(C)CCCCC4)c3)c2C)cc(C2(C)CCCCC2)c1O. The van der Waals surface area contributed by atoms with E-state index in [1.165, 1.54) is 108 Å². The van der Waals surface area contributed by atoms with Crippen molar-refractivity contribution in [2.45, 2.75) is 194 Å². The molecule has 0 bridgehead atoms. The van der Waals surface area contributed by atoms with Crippen LogP contribution in [-0.2, 0) is 35.5 Å². The third-order valence-corrected chi connectivity index (χ3v) is 15.8. The van der Waals surface area contributed by atoms with Gasteiger partial charge in [0.25, 0.3) is 0 Å². The third kappa shape index (κ3) is 8.03. The van der Waals surface area contributed by atoms with E-state index in [-0.39, 0.29) is 16.2 Å². The second-order valence-corrected chi connectivity index (χ2v) is 20.1. The van der Waals surface area contributed by atoms with Crippen LogP contribution >= 0.6 is 0 Å². The Morgan fingerprint density at radius 3 is 0.825 bits per heavy atom. The van der Waals surface area contributed by atoms with E-state index < -0.39 is 0 Å². The highest BCUT2D eigenvalue weighted by atomic mass is 16.3. The molecule has 0 amide bonds. The smallest absolute Gasteiger partial charge is 0.122 e. The normalized spacial score (nSPS) is 19.1. The molecule has 0 radical (unpaired) electrons. The van der Waals surface area contributed by atoms with Gasteiger partial charge in [0.2, 0.25) is 0 Å². The fraction of sp³-hybridized carbons (Fsp3) is 0.556. The van der Waals surface area contributed by atoms with Gasteiger partial charge in [0.15, 0.2) is 0 Å². The Morgan fingerprint density at radius 1 is 0.368 bits per heavy atom. The number of phenols is 3. The monoisotopic (exact) mass is 769 g/mol. The number of hydrogen-bond acceptors (Lipinski definition) is 3. The van der Waals surface area contributed by atoms with E-state index in [0.29, 0.717) is 17.2 Å². The first kappa shape index (κ1) is 41.4. The van der Waals surface area contributed by atoms with Crippen LogP contribution in [0.2, 0.25) is 0 Å². The van der Waals surface area contributed by atoms with E-state index in [0.717, 1.165) is 91.2 Å². The largest absolute Gasteiger partial charge is 0.507 e. The van der Waals surface area contributed by atoms with Crippen molar-refractivity contribution in [2.75, 3.05) is 0 Å². The summed E-state index contributed by atoms with van der Waals surface area (Å²) in [5.74, 6) is 1.45. The molecule has 306 valence electrons. The van der Waals surface area contributed by atoms with Gasteiger partial charge in [0.05, 0.1) is 0 Å². The van der Waals surface area contributed by atoms with Crippen molar-refractivity contribution >= 4 is 0 Å². The Kier molecular flexibility index (Phi) is 11.7. The summed E-state index contributed by atoms with van der Waals surface area (Å²) in [5, 5.41) is 34.5. The Morgan fingerprint density at radius 2 is 0.596 bits per heavy atom. The van der Waals surface area contributed by atoms with E-state index >= 15 is 0 Å². The van der Waals surface area contributed by atoms with Crippen LogP contribution in [0.1, 0.15) is 201 Å². The van der Waals surface area contributed by atoms with Gasteiger partial charge in [-0.3, -0.25) is 0 Å². The molecule has 3 heteroatoms. The van der Waals surface area contributed by atoms with Crippen LogP contribution in [0.5, 0.6) is 17.2 Å². The highest BCUT2D eigenvalue weighted by Gasteiger charge is 2.35. The van der Waals surface area contributed by atoms with Crippen LogP contribution in [0.25, 0.3) is 0 Å². The summed E-state index contributed by atoms with van der Waals surface area (Å²) in [4.78, 5) is 0. The summed E-state index contributed by atoms with van der Waals surface area (Å²) in [6.45, 7) is 20.4. The minimum absolute atomic E-state index is 0.00358. The Bertz CT molecular complexity index is 1870. The lowest BCUT2D eigenvalue weighted by molar-refractivity contribution is 0.307. The lowest BCUT2D eigenvalue weighted by atomic mass is 9.69. The molecule has 3 fully saturated rings. The lowest BCUT2D eigenvalue weighted by Gasteiger charge is -2.35. The van der Waals surface area contributed by atoms with E-state index in [1.54, 1.807) is 0 Å². The van der Waals surface area contributed by atoms with Gasteiger partial charge >= 0.3 is 0 Å². The van der Waals surface area contributed by atoms with Crippen LogP contribution in [-0.4, -0.2) is 15.3 Å². The van der Waals surface area contributed by atoms with Crippen molar-refractivity contribution in [3.05, 3.63) is 120 Å². The fourth-order valence-corrected chi connectivity index (χ4v) is 11.9. The maximum Gasteiger partial charge on any atom is 0.122 e. The number of benzene rings is 4. The van der Waals surface area contributed by atoms with Crippen molar-refractivity contribution in [3.63, 3.8) is 0 Å². The number of aryl methyl sites for hydroxylation is 3. The highest BCUT2D eigenvalue weighted by molar-refractivity contribution is 5.58. The first-order valence-electron chi connectivity index (χ1n) is 22.6. The van der Waals surface area contributed by atoms with E-state index in [4.69, 9.17) is 0 Å². The maximum atomic E-state index is 11.5. The van der Waals surface area contributed by atoms with Crippen LogP contribution < -0.4 is 0 Å². The summed E-state index contributed by atoms with van der Waals surface area (Å²) in [6, 6.07) is 13.7. The molecule has 57 heavy (non-hydrogen) atoms. The zero-order valence-corrected chi connectivity index (χ0v) is 37.0. The molecule has 0 aliphatic heterocycles. The lowest BCUT2D eigenvalue weighted by Crippen LogP contribution is -2.25. The number of rotatable bonds is 9. The third-order valence-electron chi connectivity index (χ3n) is 15.8. The Balaban J connectivity index is 1.36. The minimum atomic E-state index is 0.00358. The van der Waals surface area contributed by atoms with Crippen molar-refractivity contribution in [3.8, 4) is 17.2 Å². The highest BCUT2D eigenvalue weighted by Crippen LogP contribution is 2.48. The van der Waals surface area contributed by atoms with Crippen molar-refractivity contribution < 1.29 is 15.3 Å². The average Bonchev–Trinajstić information content (AvgIpc) is 3.18. The van der Waals surface area contributed by atoms with Gasteiger partial charge in [-0.05, 0) is 182 Å². The molecule has 3 aliphatic rings. The van der Waals surface area contributed by atoms with Crippen LogP contribution in [0, 0.1) is 41.5 Å². The van der Waals surface area contributed by atoms with Crippen LogP contribution in [0.4, 0.5) is 0 Å². The van der Waals surface area contributed by atoms with Gasteiger partial charge in [-0.25, -0.2) is 0 Å². The molecular formula is C54H72O3. The van der Waals surface area contributed by atoms with Crippen molar-refractivity contribution in [1.29, 1.82) is 0 Å². The summed E-state index contributed by atoms with van der Waals surface area (Å²) >= 11 is 0. The summed E-state index contributed by atoms with van der Waals surface area (Å²) in [7, 11) is 0. The molecule has 4 aromatic carbocycles. The molecule has 0 atom stereocenters. The van der Waals surface area contributed by atoms with Crippen LogP contribution in [0.15, 0.2) is 36.4 Å². The molecule has 0 saturated heterocycles. The first-order chi connectivity index (χ1) is 27.0. The van der Waals surface area contributed by atoms with E-state index in [1.807, 2.05) is 0 Å². The summed E-state index contributed by atoms with van der Waals surface area (Å²) in [5.41, 5.74) is 18.4. The summed E-state index contributed by atoms with van der Waals surface area (Å²) in [6.07, 6.45) is 20.4. The number of aromatic hydroxyl groups is 3.